The smallest absolute Gasteiger partial charge is 0.260 e. The zero-order valence-corrected chi connectivity index (χ0v) is 18.5. The van der Waals surface area contributed by atoms with Crippen LogP contribution in [-0.4, -0.2) is 37.6 Å². The minimum atomic E-state index is -0.626. The highest BCUT2D eigenvalue weighted by Gasteiger charge is 2.14. The van der Waals surface area contributed by atoms with Crippen molar-refractivity contribution in [1.29, 1.82) is 0 Å². The lowest BCUT2D eigenvalue weighted by Crippen LogP contribution is -2.41. The standard InChI is InChI=1S/C24H32N2O4/c1-16(2)20-7-10-21(11-8-20)30-19(5)24(28)26-13-12-25-23(27)15-29-22-9-6-17(3)18(4)14-22/h6-11,14,16,19H,12-13,15H2,1-5H3,(H,25,27)(H,26,28). The van der Waals surface area contributed by atoms with E-state index in [0.29, 0.717) is 30.5 Å². The van der Waals surface area contributed by atoms with Crippen LogP contribution in [-0.2, 0) is 9.59 Å². The van der Waals surface area contributed by atoms with Gasteiger partial charge in [-0.1, -0.05) is 32.0 Å². The third-order valence-electron chi connectivity index (χ3n) is 4.82. The highest BCUT2D eigenvalue weighted by Crippen LogP contribution is 2.19. The molecule has 0 heterocycles. The summed E-state index contributed by atoms with van der Waals surface area (Å²) in [6.07, 6.45) is -0.626. The predicted molar refractivity (Wildman–Crippen MR) is 118 cm³/mol. The van der Waals surface area contributed by atoms with Gasteiger partial charge in [0.25, 0.3) is 11.8 Å². The van der Waals surface area contributed by atoms with Crippen LogP contribution >= 0.6 is 0 Å². The molecule has 6 nitrogen and oxygen atoms in total. The van der Waals surface area contributed by atoms with Crippen LogP contribution in [0.15, 0.2) is 42.5 Å². The molecule has 0 aliphatic rings. The molecule has 2 aromatic carbocycles. The molecule has 0 fully saturated rings. The van der Waals surface area contributed by atoms with E-state index in [-0.39, 0.29) is 18.4 Å². The largest absolute Gasteiger partial charge is 0.484 e. The zero-order valence-electron chi connectivity index (χ0n) is 18.5. The summed E-state index contributed by atoms with van der Waals surface area (Å²) in [5.41, 5.74) is 3.51. The maximum atomic E-state index is 12.2. The van der Waals surface area contributed by atoms with Gasteiger partial charge in [0.15, 0.2) is 12.7 Å². The Labute approximate surface area is 179 Å². The highest BCUT2D eigenvalue weighted by molar-refractivity contribution is 5.81. The van der Waals surface area contributed by atoms with Crippen molar-refractivity contribution in [3.8, 4) is 11.5 Å². The lowest BCUT2D eigenvalue weighted by atomic mass is 10.0. The molecule has 162 valence electrons. The van der Waals surface area contributed by atoms with Gasteiger partial charge in [-0.05, 0) is 67.6 Å². The molecule has 2 N–H and O–H groups in total. The molecule has 0 spiro atoms. The number of amides is 2. The normalized spacial score (nSPS) is 11.7. The average Bonchev–Trinajstić information content (AvgIpc) is 2.72. The molecule has 0 saturated carbocycles. The van der Waals surface area contributed by atoms with Crippen molar-refractivity contribution in [3.05, 3.63) is 59.2 Å². The molecule has 2 amide bonds. The first-order chi connectivity index (χ1) is 14.3. The molecule has 6 heteroatoms. The van der Waals surface area contributed by atoms with Gasteiger partial charge in [-0.25, -0.2) is 0 Å². The minimum Gasteiger partial charge on any atom is -0.484 e. The molecular weight excluding hydrogens is 380 g/mol. The van der Waals surface area contributed by atoms with E-state index >= 15 is 0 Å². The van der Waals surface area contributed by atoms with Gasteiger partial charge in [-0.15, -0.1) is 0 Å². The Morgan fingerprint density at radius 3 is 2.13 bits per heavy atom. The van der Waals surface area contributed by atoms with Gasteiger partial charge in [0, 0.05) is 13.1 Å². The summed E-state index contributed by atoms with van der Waals surface area (Å²) in [5.74, 6) is 1.29. The lowest BCUT2D eigenvalue weighted by molar-refractivity contribution is -0.127. The second-order valence-corrected chi connectivity index (χ2v) is 7.66. The molecule has 2 aromatic rings. The summed E-state index contributed by atoms with van der Waals surface area (Å²) in [6.45, 7) is 10.5. The van der Waals surface area contributed by atoms with Crippen LogP contribution in [0.1, 0.15) is 43.4 Å². The number of carbonyl (C=O) groups excluding carboxylic acids is 2. The van der Waals surface area contributed by atoms with Crippen molar-refractivity contribution >= 4 is 11.8 Å². The van der Waals surface area contributed by atoms with Crippen LogP contribution in [0.4, 0.5) is 0 Å². The van der Waals surface area contributed by atoms with Crippen molar-refractivity contribution in [2.45, 2.75) is 46.6 Å². The molecule has 0 radical (unpaired) electrons. The summed E-state index contributed by atoms with van der Waals surface area (Å²) in [5, 5.41) is 5.48. The summed E-state index contributed by atoms with van der Waals surface area (Å²) in [4.78, 5) is 24.1. The van der Waals surface area contributed by atoms with Gasteiger partial charge in [0.1, 0.15) is 11.5 Å². The second-order valence-electron chi connectivity index (χ2n) is 7.66. The monoisotopic (exact) mass is 412 g/mol. The number of benzene rings is 2. The Balaban J connectivity index is 1.64. The molecule has 1 atom stereocenters. The molecule has 0 aromatic heterocycles. The van der Waals surface area contributed by atoms with Gasteiger partial charge < -0.3 is 20.1 Å². The zero-order chi connectivity index (χ0) is 22.1. The first-order valence-corrected chi connectivity index (χ1v) is 10.3. The lowest BCUT2D eigenvalue weighted by Gasteiger charge is -2.15. The Kier molecular flexibility index (Phi) is 8.71. The van der Waals surface area contributed by atoms with E-state index in [0.717, 1.165) is 5.56 Å². The van der Waals surface area contributed by atoms with Crippen molar-refractivity contribution in [2.24, 2.45) is 0 Å². The van der Waals surface area contributed by atoms with E-state index in [9.17, 15) is 9.59 Å². The van der Waals surface area contributed by atoms with Gasteiger partial charge in [0.2, 0.25) is 0 Å². The number of hydrogen-bond acceptors (Lipinski definition) is 4. The Morgan fingerprint density at radius 1 is 0.867 bits per heavy atom. The van der Waals surface area contributed by atoms with Crippen LogP contribution in [0.5, 0.6) is 11.5 Å². The molecule has 2 rings (SSSR count). The van der Waals surface area contributed by atoms with Crippen LogP contribution in [0.25, 0.3) is 0 Å². The Bertz CT molecular complexity index is 847. The summed E-state index contributed by atoms with van der Waals surface area (Å²) >= 11 is 0. The number of ether oxygens (including phenoxy) is 2. The summed E-state index contributed by atoms with van der Waals surface area (Å²) < 4.78 is 11.2. The quantitative estimate of drug-likeness (QED) is 0.586. The van der Waals surface area contributed by atoms with Gasteiger partial charge in [0.05, 0.1) is 0 Å². The first-order valence-electron chi connectivity index (χ1n) is 10.3. The van der Waals surface area contributed by atoms with Gasteiger partial charge >= 0.3 is 0 Å². The van der Waals surface area contributed by atoms with Crippen molar-refractivity contribution < 1.29 is 19.1 Å². The van der Waals surface area contributed by atoms with E-state index in [4.69, 9.17) is 9.47 Å². The third kappa shape index (κ3) is 7.43. The van der Waals surface area contributed by atoms with Crippen LogP contribution in [0.2, 0.25) is 0 Å². The topological polar surface area (TPSA) is 76.7 Å². The molecule has 0 bridgehead atoms. The fourth-order valence-corrected chi connectivity index (χ4v) is 2.72. The van der Waals surface area contributed by atoms with Crippen molar-refractivity contribution in [3.63, 3.8) is 0 Å². The molecule has 1 unspecified atom stereocenters. The van der Waals surface area contributed by atoms with Crippen molar-refractivity contribution in [2.75, 3.05) is 19.7 Å². The van der Waals surface area contributed by atoms with Crippen LogP contribution in [0.3, 0.4) is 0 Å². The number of carbonyl (C=O) groups is 2. The van der Waals surface area contributed by atoms with Crippen molar-refractivity contribution in [1.82, 2.24) is 10.6 Å². The first kappa shape index (κ1) is 23.3. The maximum absolute atomic E-state index is 12.2. The molecule has 0 aliphatic carbocycles. The maximum Gasteiger partial charge on any atom is 0.260 e. The van der Waals surface area contributed by atoms with E-state index in [2.05, 4.69) is 24.5 Å². The molecule has 0 saturated heterocycles. The summed E-state index contributed by atoms with van der Waals surface area (Å²) in [7, 11) is 0. The summed E-state index contributed by atoms with van der Waals surface area (Å²) in [6, 6.07) is 13.4. The van der Waals surface area contributed by atoms with E-state index in [1.807, 2.05) is 56.3 Å². The number of nitrogens with one attached hydrogen (secondary N) is 2. The number of hydrogen-bond donors (Lipinski definition) is 2. The second kappa shape index (κ2) is 11.2. The fraction of sp³-hybridized carbons (Fsp3) is 0.417. The number of aryl methyl sites for hydroxylation is 2. The van der Waals surface area contributed by atoms with Crippen LogP contribution < -0.4 is 20.1 Å². The van der Waals surface area contributed by atoms with Crippen LogP contribution in [0, 0.1) is 13.8 Å². The SMILES string of the molecule is Cc1ccc(OCC(=O)NCCNC(=O)C(C)Oc2ccc(C(C)C)cc2)cc1C. The molecule has 0 aliphatic heterocycles. The Morgan fingerprint density at radius 2 is 1.50 bits per heavy atom. The predicted octanol–water partition coefficient (Wildman–Crippen LogP) is 3.51. The fourth-order valence-electron chi connectivity index (χ4n) is 2.72. The minimum absolute atomic E-state index is 0.0671. The highest BCUT2D eigenvalue weighted by atomic mass is 16.5. The number of rotatable bonds is 10. The molecular formula is C24H32N2O4. The Hall–Kier alpha value is -3.02. The van der Waals surface area contributed by atoms with E-state index in [1.165, 1.54) is 11.1 Å². The van der Waals surface area contributed by atoms with Gasteiger partial charge in [-0.3, -0.25) is 9.59 Å². The van der Waals surface area contributed by atoms with E-state index < -0.39 is 6.10 Å². The molecule has 30 heavy (non-hydrogen) atoms. The van der Waals surface area contributed by atoms with E-state index in [1.54, 1.807) is 6.92 Å². The van der Waals surface area contributed by atoms with Gasteiger partial charge in [-0.2, -0.15) is 0 Å². The average molecular weight is 413 g/mol. The third-order valence-corrected chi connectivity index (χ3v) is 4.82.